The summed E-state index contributed by atoms with van der Waals surface area (Å²) >= 11 is 0. The van der Waals surface area contributed by atoms with Crippen molar-refractivity contribution in [1.29, 1.82) is 0 Å². The number of rotatable bonds is 3. The van der Waals surface area contributed by atoms with Crippen LogP contribution in [0.2, 0.25) is 0 Å². The molecule has 0 unspecified atom stereocenters. The number of hydrogen-bond donors (Lipinski definition) is 0. The summed E-state index contributed by atoms with van der Waals surface area (Å²) in [6.07, 6.45) is 1.12. The van der Waals surface area contributed by atoms with Crippen LogP contribution in [0.25, 0.3) is 0 Å². The van der Waals surface area contributed by atoms with E-state index in [2.05, 4.69) is 73.4 Å². The summed E-state index contributed by atoms with van der Waals surface area (Å²) in [6.45, 7) is 2.21. The van der Waals surface area contributed by atoms with E-state index in [1.807, 2.05) is 0 Å². The van der Waals surface area contributed by atoms with Gasteiger partial charge >= 0.3 is 0 Å². The van der Waals surface area contributed by atoms with Crippen LogP contribution in [0, 0.1) is 0 Å². The van der Waals surface area contributed by atoms with Crippen molar-refractivity contribution in [2.75, 3.05) is 0 Å². The minimum atomic E-state index is -0.276. The van der Waals surface area contributed by atoms with E-state index in [-0.39, 0.29) is 7.55 Å². The predicted molar refractivity (Wildman–Crippen MR) is 75.4 cm³/mol. The Morgan fingerprint density at radius 3 is 1.62 bits per heavy atom. The molecule has 16 heavy (non-hydrogen) atoms. The van der Waals surface area contributed by atoms with Crippen molar-refractivity contribution >= 4 is 24.0 Å². The molecule has 0 radical (unpaired) electrons. The minimum Gasteiger partial charge on any atom is -0.0619 e. The Bertz CT molecular complexity index is 416. The van der Waals surface area contributed by atoms with Gasteiger partial charge in [0.05, 0.1) is 5.80 Å². The molecule has 0 aliphatic heterocycles. The summed E-state index contributed by atoms with van der Waals surface area (Å²) < 4.78 is 0. The molecule has 2 aromatic rings. The zero-order chi connectivity index (χ0) is 11.2. The van der Waals surface area contributed by atoms with Gasteiger partial charge in [-0.1, -0.05) is 43.3 Å². The summed E-state index contributed by atoms with van der Waals surface area (Å²) in [5.74, 6) is 2.43. The van der Waals surface area contributed by atoms with Crippen molar-refractivity contribution in [2.24, 2.45) is 0 Å². The third kappa shape index (κ3) is 2.59. The first kappa shape index (κ1) is 11.1. The van der Waals surface area contributed by atoms with Gasteiger partial charge < -0.3 is 0 Å². The topological polar surface area (TPSA) is 0 Å². The molecule has 0 atom stereocenters. The highest BCUT2D eigenvalue weighted by molar-refractivity contribution is 7.72. The average Bonchev–Trinajstić information content (AvgIpc) is 2.38. The standard InChI is InChI=1S/C15H16P/c1-2-13-16(14-9-5-3-6-10-14)15-11-7-4-8-12-15/h3-13H,2H2,1H3/q+1. The first-order valence-electron chi connectivity index (χ1n) is 5.64. The Kier molecular flexibility index (Phi) is 3.91. The van der Waals surface area contributed by atoms with Gasteiger partial charge in [0.25, 0.3) is 0 Å². The number of benzene rings is 2. The van der Waals surface area contributed by atoms with Gasteiger partial charge in [0.15, 0.2) is 18.2 Å². The summed E-state index contributed by atoms with van der Waals surface area (Å²) in [4.78, 5) is 0. The second-order valence-corrected chi connectivity index (χ2v) is 5.77. The van der Waals surface area contributed by atoms with Crippen LogP contribution in [0.1, 0.15) is 13.3 Å². The van der Waals surface area contributed by atoms with Gasteiger partial charge in [-0.05, 0) is 24.3 Å². The highest BCUT2D eigenvalue weighted by Crippen LogP contribution is 2.20. The third-order valence-corrected chi connectivity index (χ3v) is 4.87. The summed E-state index contributed by atoms with van der Waals surface area (Å²) in [5, 5.41) is 2.87. The van der Waals surface area contributed by atoms with Crippen LogP contribution in [0.4, 0.5) is 0 Å². The molecule has 0 heterocycles. The molecule has 2 rings (SSSR count). The molecule has 0 bridgehead atoms. The highest BCUT2D eigenvalue weighted by atomic mass is 31.1. The fourth-order valence-corrected chi connectivity index (χ4v) is 3.79. The summed E-state index contributed by atoms with van der Waals surface area (Å²) in [6, 6.07) is 21.6. The molecular weight excluding hydrogens is 211 g/mol. The second-order valence-electron chi connectivity index (χ2n) is 3.63. The van der Waals surface area contributed by atoms with Crippen molar-refractivity contribution in [3.05, 3.63) is 60.7 Å². The zero-order valence-electron chi connectivity index (χ0n) is 9.51. The monoisotopic (exact) mass is 227 g/mol. The maximum Gasteiger partial charge on any atom is 0.165 e. The molecule has 0 saturated heterocycles. The van der Waals surface area contributed by atoms with E-state index in [9.17, 15) is 0 Å². The Balaban J connectivity index is 2.44. The van der Waals surface area contributed by atoms with Crippen molar-refractivity contribution in [3.63, 3.8) is 0 Å². The molecule has 0 spiro atoms. The average molecular weight is 227 g/mol. The van der Waals surface area contributed by atoms with Crippen LogP contribution in [0.5, 0.6) is 0 Å². The van der Waals surface area contributed by atoms with E-state index < -0.39 is 0 Å². The molecule has 0 nitrogen and oxygen atoms in total. The summed E-state index contributed by atoms with van der Waals surface area (Å²) in [7, 11) is -0.276. The van der Waals surface area contributed by atoms with Crippen LogP contribution in [-0.2, 0) is 0 Å². The van der Waals surface area contributed by atoms with Crippen molar-refractivity contribution in [2.45, 2.75) is 13.3 Å². The highest BCUT2D eigenvalue weighted by Gasteiger charge is 2.15. The Morgan fingerprint density at radius 2 is 1.25 bits per heavy atom. The fourth-order valence-electron chi connectivity index (χ4n) is 1.72. The van der Waals surface area contributed by atoms with E-state index in [4.69, 9.17) is 0 Å². The lowest BCUT2D eigenvalue weighted by Crippen LogP contribution is -2.07. The Labute approximate surface area is 98.3 Å². The van der Waals surface area contributed by atoms with E-state index in [0.717, 1.165) is 6.42 Å². The van der Waals surface area contributed by atoms with Crippen molar-refractivity contribution in [3.8, 4) is 0 Å². The lowest BCUT2D eigenvalue weighted by Gasteiger charge is -1.95. The quantitative estimate of drug-likeness (QED) is 0.705. The largest absolute Gasteiger partial charge is 0.165 e. The molecule has 0 amide bonds. The maximum absolute atomic E-state index is 2.43. The van der Waals surface area contributed by atoms with Crippen LogP contribution >= 0.6 is 7.55 Å². The van der Waals surface area contributed by atoms with Gasteiger partial charge in [0, 0.05) is 6.42 Å². The zero-order valence-corrected chi connectivity index (χ0v) is 10.4. The van der Waals surface area contributed by atoms with E-state index in [1.54, 1.807) is 0 Å². The van der Waals surface area contributed by atoms with Crippen LogP contribution in [0.3, 0.4) is 0 Å². The Morgan fingerprint density at radius 1 is 0.812 bits per heavy atom. The van der Waals surface area contributed by atoms with Gasteiger partial charge in [-0.2, -0.15) is 0 Å². The molecule has 0 aliphatic carbocycles. The van der Waals surface area contributed by atoms with E-state index in [1.165, 1.54) is 10.6 Å². The number of hydrogen-bond acceptors (Lipinski definition) is 0. The van der Waals surface area contributed by atoms with E-state index >= 15 is 0 Å². The van der Waals surface area contributed by atoms with Crippen molar-refractivity contribution < 1.29 is 0 Å². The SMILES string of the molecule is CCC=[P+](c1ccccc1)c1ccccc1. The predicted octanol–water partition coefficient (Wildman–Crippen LogP) is 3.33. The van der Waals surface area contributed by atoms with Gasteiger partial charge in [-0.25, -0.2) is 0 Å². The van der Waals surface area contributed by atoms with Crippen molar-refractivity contribution in [1.82, 2.24) is 0 Å². The molecule has 0 aliphatic rings. The maximum atomic E-state index is 2.43. The molecular formula is C15H16P+. The second kappa shape index (κ2) is 5.63. The van der Waals surface area contributed by atoms with Crippen LogP contribution in [-0.4, -0.2) is 5.80 Å². The van der Waals surface area contributed by atoms with Crippen LogP contribution in [0.15, 0.2) is 60.7 Å². The molecule has 0 fully saturated rings. The molecule has 0 saturated carbocycles. The molecule has 2 aromatic carbocycles. The first-order chi connectivity index (χ1) is 7.92. The molecule has 1 heteroatoms. The fraction of sp³-hybridized carbons (Fsp3) is 0.133. The van der Waals surface area contributed by atoms with Gasteiger partial charge in [-0.3, -0.25) is 0 Å². The minimum absolute atomic E-state index is 0.276. The normalized spacial score (nSPS) is 9.81. The lowest BCUT2D eigenvalue weighted by atomic mass is 10.4. The summed E-state index contributed by atoms with van der Waals surface area (Å²) in [5.41, 5.74) is 0. The van der Waals surface area contributed by atoms with E-state index in [0.29, 0.717) is 0 Å². The molecule has 80 valence electrons. The van der Waals surface area contributed by atoms with Gasteiger partial charge in [0.2, 0.25) is 0 Å². The first-order valence-corrected chi connectivity index (χ1v) is 7.05. The lowest BCUT2D eigenvalue weighted by molar-refractivity contribution is 1.35. The smallest absolute Gasteiger partial charge is 0.0619 e. The van der Waals surface area contributed by atoms with Gasteiger partial charge in [-0.15, -0.1) is 0 Å². The van der Waals surface area contributed by atoms with Crippen LogP contribution < -0.4 is 10.6 Å². The molecule has 0 N–H and O–H groups in total. The molecule has 0 aromatic heterocycles. The third-order valence-electron chi connectivity index (χ3n) is 2.43. The Hall–Kier alpha value is -1.39. The van der Waals surface area contributed by atoms with Gasteiger partial charge in [0.1, 0.15) is 0 Å².